The average Bonchev–Trinajstić information content (AvgIpc) is 2.67. The van der Waals surface area contributed by atoms with E-state index in [1.165, 1.54) is 45.4 Å². The highest BCUT2D eigenvalue weighted by atomic mass is 19.4. The lowest BCUT2D eigenvalue weighted by Crippen LogP contribution is -2.30. The highest BCUT2D eigenvalue weighted by molar-refractivity contribution is 5.97. The van der Waals surface area contributed by atoms with Crippen LogP contribution in [0, 0.1) is 0 Å². The van der Waals surface area contributed by atoms with Crippen molar-refractivity contribution in [2.24, 2.45) is 0 Å². The number of hydrogen-bond acceptors (Lipinski definition) is 6. The Hall–Kier alpha value is -3.43. The number of nitrogens with one attached hydrogen (secondary N) is 1. The van der Waals surface area contributed by atoms with Crippen LogP contribution in [0.5, 0.6) is 17.2 Å². The second-order valence-corrected chi connectivity index (χ2v) is 5.71. The number of amides is 1. The normalized spacial score (nSPS) is 11.9. The van der Waals surface area contributed by atoms with E-state index in [1.807, 2.05) is 0 Å². The number of alkyl halides is 3. The molecule has 0 aliphatic heterocycles. The minimum atomic E-state index is -4.81. The van der Waals surface area contributed by atoms with Crippen LogP contribution in [0.15, 0.2) is 42.5 Å². The summed E-state index contributed by atoms with van der Waals surface area (Å²) in [6.07, 6.45) is -5.98. The Labute approximate surface area is 164 Å². The van der Waals surface area contributed by atoms with Gasteiger partial charge in [-0.1, -0.05) is 0 Å². The number of carbonyl (C=O) groups is 2. The molecule has 0 bridgehead atoms. The molecule has 0 heterocycles. The summed E-state index contributed by atoms with van der Waals surface area (Å²) >= 11 is 0. The lowest BCUT2D eigenvalue weighted by molar-refractivity contribution is -0.274. The first kappa shape index (κ1) is 21.9. The van der Waals surface area contributed by atoms with Crippen molar-refractivity contribution in [1.29, 1.82) is 0 Å². The van der Waals surface area contributed by atoms with Gasteiger partial charge < -0.3 is 24.3 Å². The minimum absolute atomic E-state index is 0.120. The molecule has 0 aliphatic rings. The fourth-order valence-corrected chi connectivity index (χ4v) is 2.19. The number of carbonyl (C=O) groups excluding carboxylic acids is 2. The molecule has 7 nitrogen and oxygen atoms in total. The predicted molar refractivity (Wildman–Crippen MR) is 96.2 cm³/mol. The number of rotatable bonds is 7. The smallest absolute Gasteiger partial charge is 0.497 e. The number of methoxy groups -OCH3 is 2. The van der Waals surface area contributed by atoms with Gasteiger partial charge in [0.1, 0.15) is 17.2 Å². The van der Waals surface area contributed by atoms with E-state index in [9.17, 15) is 22.8 Å². The third-order valence-corrected chi connectivity index (χ3v) is 3.60. The number of anilines is 1. The largest absolute Gasteiger partial charge is 0.573 e. The Morgan fingerprint density at radius 3 is 1.97 bits per heavy atom. The van der Waals surface area contributed by atoms with Gasteiger partial charge in [0, 0.05) is 11.8 Å². The summed E-state index contributed by atoms with van der Waals surface area (Å²) < 4.78 is 55.5. The third-order valence-electron chi connectivity index (χ3n) is 3.60. The lowest BCUT2D eigenvalue weighted by atomic mass is 10.2. The van der Waals surface area contributed by atoms with Gasteiger partial charge in [0.2, 0.25) is 0 Å². The summed E-state index contributed by atoms with van der Waals surface area (Å²) in [4.78, 5) is 24.5. The molecule has 1 amide bonds. The Morgan fingerprint density at radius 1 is 0.931 bits per heavy atom. The molecule has 156 valence electrons. The quantitative estimate of drug-likeness (QED) is 0.696. The SMILES string of the molecule is COc1cc(OC)cc(C(=O)OC(C)C(=O)Nc2ccc(OC(F)(F)F)cc2)c1. The third kappa shape index (κ3) is 6.59. The summed E-state index contributed by atoms with van der Waals surface area (Å²) in [5.74, 6) is -1.14. The first-order chi connectivity index (χ1) is 13.6. The van der Waals surface area contributed by atoms with Crippen molar-refractivity contribution >= 4 is 17.6 Å². The predicted octanol–water partition coefficient (Wildman–Crippen LogP) is 3.79. The van der Waals surface area contributed by atoms with Crippen LogP contribution in [-0.4, -0.2) is 38.6 Å². The van der Waals surface area contributed by atoms with Crippen LogP contribution >= 0.6 is 0 Å². The zero-order chi connectivity index (χ0) is 21.6. The first-order valence-corrected chi connectivity index (χ1v) is 8.22. The van der Waals surface area contributed by atoms with Gasteiger partial charge in [0.25, 0.3) is 5.91 Å². The Bertz CT molecular complexity index is 845. The second-order valence-electron chi connectivity index (χ2n) is 5.71. The Kier molecular flexibility index (Phi) is 6.92. The maximum Gasteiger partial charge on any atom is 0.573 e. The molecule has 2 aromatic carbocycles. The highest BCUT2D eigenvalue weighted by Crippen LogP contribution is 2.25. The van der Waals surface area contributed by atoms with Crippen molar-refractivity contribution in [2.45, 2.75) is 19.4 Å². The zero-order valence-electron chi connectivity index (χ0n) is 15.7. The van der Waals surface area contributed by atoms with Gasteiger partial charge in [-0.15, -0.1) is 13.2 Å². The van der Waals surface area contributed by atoms with Crippen molar-refractivity contribution in [1.82, 2.24) is 0 Å². The maximum absolute atomic E-state index is 12.3. The van der Waals surface area contributed by atoms with Gasteiger partial charge in [0.15, 0.2) is 6.10 Å². The number of benzene rings is 2. The molecule has 0 fully saturated rings. The van der Waals surface area contributed by atoms with Crippen molar-refractivity contribution in [2.75, 3.05) is 19.5 Å². The molecule has 0 saturated heterocycles. The van der Waals surface area contributed by atoms with E-state index in [0.29, 0.717) is 11.5 Å². The molecule has 2 rings (SSSR count). The number of halogens is 3. The fraction of sp³-hybridized carbons (Fsp3) is 0.263. The molecule has 29 heavy (non-hydrogen) atoms. The lowest BCUT2D eigenvalue weighted by Gasteiger charge is -2.15. The summed E-state index contributed by atoms with van der Waals surface area (Å²) in [5.41, 5.74) is 0.324. The molecule has 0 aliphatic carbocycles. The van der Waals surface area contributed by atoms with Crippen LogP contribution in [-0.2, 0) is 9.53 Å². The van der Waals surface area contributed by atoms with E-state index in [0.717, 1.165) is 12.1 Å². The Balaban J connectivity index is 1.99. The van der Waals surface area contributed by atoms with Gasteiger partial charge in [-0.25, -0.2) is 4.79 Å². The molecular weight excluding hydrogens is 395 g/mol. The first-order valence-electron chi connectivity index (χ1n) is 8.22. The molecule has 0 spiro atoms. The monoisotopic (exact) mass is 413 g/mol. The molecule has 1 unspecified atom stereocenters. The molecule has 10 heteroatoms. The second kappa shape index (κ2) is 9.18. The summed E-state index contributed by atoms with van der Waals surface area (Å²) in [6.45, 7) is 1.35. The van der Waals surface area contributed by atoms with Crippen LogP contribution < -0.4 is 19.5 Å². The zero-order valence-corrected chi connectivity index (χ0v) is 15.7. The van der Waals surface area contributed by atoms with Gasteiger partial charge in [-0.3, -0.25) is 4.79 Å². The van der Waals surface area contributed by atoms with Crippen molar-refractivity contribution in [3.63, 3.8) is 0 Å². The van der Waals surface area contributed by atoms with Crippen LogP contribution in [0.3, 0.4) is 0 Å². The van der Waals surface area contributed by atoms with E-state index in [1.54, 1.807) is 6.07 Å². The van der Waals surface area contributed by atoms with E-state index in [4.69, 9.17) is 14.2 Å². The van der Waals surface area contributed by atoms with Crippen LogP contribution in [0.1, 0.15) is 17.3 Å². The van der Waals surface area contributed by atoms with Crippen molar-refractivity contribution in [3.05, 3.63) is 48.0 Å². The topological polar surface area (TPSA) is 83.1 Å². The van der Waals surface area contributed by atoms with E-state index >= 15 is 0 Å². The van der Waals surface area contributed by atoms with Gasteiger partial charge in [0.05, 0.1) is 19.8 Å². The average molecular weight is 413 g/mol. The van der Waals surface area contributed by atoms with Crippen molar-refractivity contribution < 1.29 is 41.7 Å². The molecule has 2 aromatic rings. The van der Waals surface area contributed by atoms with Gasteiger partial charge >= 0.3 is 12.3 Å². The number of hydrogen-bond donors (Lipinski definition) is 1. The minimum Gasteiger partial charge on any atom is -0.497 e. The molecular formula is C19H18F3NO6. The highest BCUT2D eigenvalue weighted by Gasteiger charge is 2.31. The summed E-state index contributed by atoms with van der Waals surface area (Å²) in [5, 5.41) is 2.43. The van der Waals surface area contributed by atoms with E-state index < -0.39 is 30.1 Å². The molecule has 0 radical (unpaired) electrons. The van der Waals surface area contributed by atoms with E-state index in [2.05, 4.69) is 10.1 Å². The standard InChI is InChI=1S/C19H18F3NO6/c1-11(28-18(25)12-8-15(26-2)10-16(9-12)27-3)17(24)23-13-4-6-14(7-5-13)29-19(20,21)22/h4-11H,1-3H3,(H,23,24). The molecule has 0 saturated carbocycles. The molecule has 1 atom stereocenters. The van der Waals surface area contributed by atoms with Gasteiger partial charge in [-0.05, 0) is 43.3 Å². The fourth-order valence-electron chi connectivity index (χ4n) is 2.19. The Morgan fingerprint density at radius 2 is 1.48 bits per heavy atom. The van der Waals surface area contributed by atoms with Crippen LogP contribution in [0.25, 0.3) is 0 Å². The summed E-state index contributed by atoms with van der Waals surface area (Å²) in [6, 6.07) is 8.95. The number of esters is 1. The molecule has 0 aromatic heterocycles. The van der Waals surface area contributed by atoms with Crippen molar-refractivity contribution in [3.8, 4) is 17.2 Å². The molecule has 1 N–H and O–H groups in total. The van der Waals surface area contributed by atoms with Gasteiger partial charge in [-0.2, -0.15) is 0 Å². The maximum atomic E-state index is 12.3. The number of ether oxygens (including phenoxy) is 4. The van der Waals surface area contributed by atoms with E-state index in [-0.39, 0.29) is 11.3 Å². The summed E-state index contributed by atoms with van der Waals surface area (Å²) in [7, 11) is 2.84. The van der Waals surface area contributed by atoms with Crippen LogP contribution in [0.4, 0.5) is 18.9 Å². The van der Waals surface area contributed by atoms with Crippen LogP contribution in [0.2, 0.25) is 0 Å².